The van der Waals surface area contributed by atoms with E-state index in [1.54, 1.807) is 7.11 Å². The van der Waals surface area contributed by atoms with Gasteiger partial charge in [0.25, 0.3) is 0 Å². The molecule has 0 aromatic carbocycles. The minimum Gasteiger partial charge on any atom is -0.385 e. The van der Waals surface area contributed by atoms with E-state index in [0.29, 0.717) is 11.7 Å². The number of amides is 1. The average molecular weight is 325 g/mol. The summed E-state index contributed by atoms with van der Waals surface area (Å²) in [6.07, 6.45) is 8.14. The normalized spacial score (nSPS) is 35.2. The fraction of sp³-hybridized carbons (Fsp3) is 0.875. The van der Waals surface area contributed by atoms with Gasteiger partial charge in [-0.05, 0) is 74.9 Å². The number of hydrazine groups is 1. The Bertz CT molecular complexity index is 406. The fourth-order valence-electron chi connectivity index (χ4n) is 5.10. The molecule has 6 heteroatoms. The van der Waals surface area contributed by atoms with Crippen LogP contribution >= 0.6 is 12.2 Å². The van der Waals surface area contributed by atoms with Crippen molar-refractivity contribution in [1.29, 1.82) is 0 Å². The summed E-state index contributed by atoms with van der Waals surface area (Å²) in [5.41, 5.74) is 5.59. The van der Waals surface area contributed by atoms with E-state index in [-0.39, 0.29) is 11.3 Å². The van der Waals surface area contributed by atoms with Gasteiger partial charge in [-0.25, -0.2) is 0 Å². The van der Waals surface area contributed by atoms with Crippen LogP contribution in [0, 0.1) is 23.2 Å². The van der Waals surface area contributed by atoms with Crippen molar-refractivity contribution in [3.8, 4) is 0 Å². The molecule has 4 saturated carbocycles. The van der Waals surface area contributed by atoms with E-state index in [9.17, 15) is 4.79 Å². The summed E-state index contributed by atoms with van der Waals surface area (Å²) in [4.78, 5) is 12.7. The average Bonchev–Trinajstić information content (AvgIpc) is 2.48. The number of nitrogens with one attached hydrogen (secondary N) is 3. The summed E-state index contributed by atoms with van der Waals surface area (Å²) >= 11 is 5.19. The topological polar surface area (TPSA) is 62.4 Å². The summed E-state index contributed by atoms with van der Waals surface area (Å²) in [6.45, 7) is 1.45. The Morgan fingerprint density at radius 3 is 2.27 bits per heavy atom. The number of methoxy groups -OCH3 is 1. The molecule has 5 nitrogen and oxygen atoms in total. The highest BCUT2D eigenvalue weighted by Crippen LogP contribution is 2.59. The standard InChI is InChI=1S/C16H27N3O2S/c1-21-4-2-3-17-15(22)19-18-14(20)16-8-11-5-12(9-16)7-13(6-11)10-16/h11-13H,2-10H2,1H3,(H,18,20)(H2,17,19,22). The zero-order valence-corrected chi connectivity index (χ0v) is 14.1. The largest absolute Gasteiger partial charge is 0.385 e. The molecule has 124 valence electrons. The van der Waals surface area contributed by atoms with Crippen LogP contribution in [0.3, 0.4) is 0 Å². The first-order valence-electron chi connectivity index (χ1n) is 8.44. The van der Waals surface area contributed by atoms with Crippen molar-refractivity contribution in [3.05, 3.63) is 0 Å². The molecular weight excluding hydrogens is 298 g/mol. The van der Waals surface area contributed by atoms with Crippen molar-refractivity contribution in [2.24, 2.45) is 23.2 Å². The van der Waals surface area contributed by atoms with E-state index in [4.69, 9.17) is 17.0 Å². The number of carbonyl (C=O) groups excluding carboxylic acids is 1. The Balaban J connectivity index is 1.45. The van der Waals surface area contributed by atoms with Gasteiger partial charge in [0.05, 0.1) is 5.41 Å². The molecule has 1 amide bonds. The SMILES string of the molecule is COCCCNC(=S)NNC(=O)C12CC3CC(CC(C3)C1)C2. The van der Waals surface area contributed by atoms with Crippen molar-refractivity contribution < 1.29 is 9.53 Å². The molecule has 0 heterocycles. The van der Waals surface area contributed by atoms with E-state index >= 15 is 0 Å². The predicted octanol–water partition coefficient (Wildman–Crippen LogP) is 1.73. The molecule has 3 N–H and O–H groups in total. The Morgan fingerprint density at radius 1 is 1.14 bits per heavy atom. The second kappa shape index (κ2) is 6.71. The van der Waals surface area contributed by atoms with Gasteiger partial charge in [0, 0.05) is 20.3 Å². The molecular formula is C16H27N3O2S. The van der Waals surface area contributed by atoms with E-state index in [2.05, 4.69) is 16.2 Å². The van der Waals surface area contributed by atoms with Gasteiger partial charge < -0.3 is 10.1 Å². The Kier molecular flexibility index (Phi) is 4.88. The third kappa shape index (κ3) is 3.38. The number of hydrogen-bond acceptors (Lipinski definition) is 3. The number of hydrogen-bond donors (Lipinski definition) is 3. The maximum atomic E-state index is 12.7. The summed E-state index contributed by atoms with van der Waals surface area (Å²) in [6, 6.07) is 0. The molecule has 4 aliphatic carbocycles. The molecule has 0 aliphatic heterocycles. The molecule has 0 saturated heterocycles. The Hall–Kier alpha value is -0.880. The van der Waals surface area contributed by atoms with Crippen LogP contribution in [0.25, 0.3) is 0 Å². The first-order valence-corrected chi connectivity index (χ1v) is 8.85. The molecule has 4 aliphatic rings. The molecule has 0 aromatic heterocycles. The van der Waals surface area contributed by atoms with Crippen LogP contribution in [0.5, 0.6) is 0 Å². The van der Waals surface area contributed by atoms with Crippen molar-refractivity contribution in [2.75, 3.05) is 20.3 Å². The highest BCUT2D eigenvalue weighted by molar-refractivity contribution is 7.80. The molecule has 4 rings (SSSR count). The lowest BCUT2D eigenvalue weighted by Crippen LogP contribution is -2.57. The smallest absolute Gasteiger partial charge is 0.244 e. The maximum Gasteiger partial charge on any atom is 0.244 e. The lowest BCUT2D eigenvalue weighted by Gasteiger charge is -2.55. The summed E-state index contributed by atoms with van der Waals surface area (Å²) in [5.74, 6) is 2.47. The molecule has 0 aromatic rings. The molecule has 4 fully saturated rings. The minimum absolute atomic E-state index is 0.132. The van der Waals surface area contributed by atoms with Crippen LogP contribution in [0.15, 0.2) is 0 Å². The zero-order chi connectivity index (χ0) is 15.6. The van der Waals surface area contributed by atoms with Gasteiger partial charge in [-0.2, -0.15) is 0 Å². The van der Waals surface area contributed by atoms with Crippen molar-refractivity contribution in [1.82, 2.24) is 16.2 Å². The Labute approximate surface area is 137 Å². The quantitative estimate of drug-likeness (QED) is 0.408. The molecule has 0 radical (unpaired) electrons. The summed E-state index contributed by atoms with van der Waals surface area (Å²) in [7, 11) is 1.68. The first-order chi connectivity index (χ1) is 10.6. The Morgan fingerprint density at radius 2 is 1.73 bits per heavy atom. The first kappa shape index (κ1) is 16.0. The van der Waals surface area contributed by atoms with E-state index in [1.165, 1.54) is 19.3 Å². The second-order valence-electron chi connectivity index (χ2n) is 7.38. The summed E-state index contributed by atoms with van der Waals surface area (Å²) in [5, 5.41) is 3.55. The highest BCUT2D eigenvalue weighted by Gasteiger charge is 2.54. The third-order valence-corrected chi connectivity index (χ3v) is 5.87. The highest BCUT2D eigenvalue weighted by atomic mass is 32.1. The predicted molar refractivity (Wildman–Crippen MR) is 89.0 cm³/mol. The monoisotopic (exact) mass is 325 g/mol. The zero-order valence-electron chi connectivity index (χ0n) is 13.3. The number of ether oxygens (including phenoxy) is 1. The van der Waals surface area contributed by atoms with Gasteiger partial charge in [-0.15, -0.1) is 0 Å². The van der Waals surface area contributed by atoms with Gasteiger partial charge >= 0.3 is 0 Å². The van der Waals surface area contributed by atoms with Crippen molar-refractivity contribution in [2.45, 2.75) is 44.9 Å². The third-order valence-electron chi connectivity index (χ3n) is 5.62. The van der Waals surface area contributed by atoms with Crippen molar-refractivity contribution >= 4 is 23.2 Å². The maximum absolute atomic E-state index is 12.7. The van der Waals surface area contributed by atoms with E-state index in [1.807, 2.05) is 0 Å². The van der Waals surface area contributed by atoms with Crippen LogP contribution in [0.1, 0.15) is 44.9 Å². The van der Waals surface area contributed by atoms with Crippen LogP contribution < -0.4 is 16.2 Å². The van der Waals surface area contributed by atoms with Crippen LogP contribution in [0.4, 0.5) is 0 Å². The van der Waals surface area contributed by atoms with Gasteiger partial charge in [0.2, 0.25) is 5.91 Å². The minimum atomic E-state index is -0.132. The molecule has 4 bridgehead atoms. The number of carbonyl (C=O) groups is 1. The van der Waals surface area contributed by atoms with E-state index < -0.39 is 0 Å². The van der Waals surface area contributed by atoms with Crippen LogP contribution in [-0.4, -0.2) is 31.3 Å². The lowest BCUT2D eigenvalue weighted by atomic mass is 9.49. The van der Waals surface area contributed by atoms with Crippen LogP contribution in [-0.2, 0) is 9.53 Å². The number of rotatable bonds is 5. The van der Waals surface area contributed by atoms with Gasteiger partial charge in [0.15, 0.2) is 5.11 Å². The second-order valence-corrected chi connectivity index (χ2v) is 7.79. The summed E-state index contributed by atoms with van der Waals surface area (Å²) < 4.78 is 4.99. The van der Waals surface area contributed by atoms with E-state index in [0.717, 1.165) is 50.0 Å². The van der Waals surface area contributed by atoms with Gasteiger partial charge in [-0.1, -0.05) is 0 Å². The van der Waals surface area contributed by atoms with Crippen molar-refractivity contribution in [3.63, 3.8) is 0 Å². The number of thiocarbonyl (C=S) groups is 1. The molecule has 22 heavy (non-hydrogen) atoms. The molecule has 0 unspecified atom stereocenters. The fourth-order valence-corrected chi connectivity index (χ4v) is 5.25. The van der Waals surface area contributed by atoms with Crippen LogP contribution in [0.2, 0.25) is 0 Å². The molecule has 0 atom stereocenters. The van der Waals surface area contributed by atoms with Gasteiger partial charge in [-0.3, -0.25) is 15.6 Å². The lowest BCUT2D eigenvalue weighted by molar-refractivity contribution is -0.146. The van der Waals surface area contributed by atoms with Gasteiger partial charge in [0.1, 0.15) is 0 Å². The molecule has 0 spiro atoms.